The van der Waals surface area contributed by atoms with Gasteiger partial charge in [-0.2, -0.15) is 0 Å². The summed E-state index contributed by atoms with van der Waals surface area (Å²) in [5.41, 5.74) is 4.95. The Hall–Kier alpha value is -3.73. The van der Waals surface area contributed by atoms with Crippen LogP contribution in [0.5, 0.6) is 0 Å². The van der Waals surface area contributed by atoms with Crippen LogP contribution in [0, 0.1) is 0 Å². The van der Waals surface area contributed by atoms with E-state index in [2.05, 4.69) is 16.6 Å². The molecule has 0 amide bonds. The molecule has 3 aromatic carbocycles. The highest BCUT2D eigenvalue weighted by atomic mass is 16.7. The fraction of sp³-hybridized carbons (Fsp3) is 0.160. The summed E-state index contributed by atoms with van der Waals surface area (Å²) in [6, 6.07) is 21.2. The number of benzene rings is 3. The minimum Gasteiger partial charge on any atom is -0.341 e. The standard InChI is InChI=1S/C25H22N2O3/c1-4-27-23-12-10-19(16(2)26-30-17(3)28)14-21(23)22-15-20(11-13-24(22)27)25(29)18-8-6-5-7-9-18/h5-15H,4H2,1-3H3. The number of nitrogens with zero attached hydrogens (tertiary/aromatic N) is 2. The van der Waals surface area contributed by atoms with Crippen LogP contribution in [-0.2, 0) is 16.2 Å². The Kier molecular flexibility index (Phi) is 5.19. The summed E-state index contributed by atoms with van der Waals surface area (Å²) in [7, 11) is 0. The number of hydrogen-bond donors (Lipinski definition) is 0. The maximum atomic E-state index is 13.0. The molecule has 0 fully saturated rings. The molecule has 0 aliphatic rings. The summed E-state index contributed by atoms with van der Waals surface area (Å²) in [6.45, 7) is 6.03. The predicted molar refractivity (Wildman–Crippen MR) is 119 cm³/mol. The fourth-order valence-corrected chi connectivity index (χ4v) is 3.75. The van der Waals surface area contributed by atoms with Crippen LogP contribution < -0.4 is 0 Å². The topological polar surface area (TPSA) is 60.7 Å². The fourth-order valence-electron chi connectivity index (χ4n) is 3.75. The molecule has 150 valence electrons. The number of carbonyl (C=O) groups is 2. The molecule has 1 aromatic heterocycles. The molecule has 0 atom stereocenters. The Morgan fingerprint density at radius 2 is 1.43 bits per heavy atom. The van der Waals surface area contributed by atoms with E-state index >= 15 is 0 Å². The van der Waals surface area contributed by atoms with Crippen LogP contribution in [0.2, 0.25) is 0 Å². The van der Waals surface area contributed by atoms with Crippen molar-refractivity contribution in [2.75, 3.05) is 0 Å². The second-order valence-corrected chi connectivity index (χ2v) is 7.16. The number of ketones is 1. The van der Waals surface area contributed by atoms with Crippen LogP contribution in [0.1, 0.15) is 42.3 Å². The van der Waals surface area contributed by atoms with Crippen molar-refractivity contribution < 1.29 is 14.4 Å². The molecule has 0 aliphatic carbocycles. The third-order valence-electron chi connectivity index (χ3n) is 5.21. The molecule has 5 heteroatoms. The molecule has 0 saturated heterocycles. The number of aromatic nitrogens is 1. The first kappa shape index (κ1) is 19.6. The summed E-state index contributed by atoms with van der Waals surface area (Å²) in [5.74, 6) is -0.458. The van der Waals surface area contributed by atoms with E-state index in [1.807, 2.05) is 66.7 Å². The molecule has 0 spiro atoms. The van der Waals surface area contributed by atoms with Crippen molar-refractivity contribution in [3.05, 3.63) is 83.4 Å². The van der Waals surface area contributed by atoms with Gasteiger partial charge in [-0.3, -0.25) is 4.79 Å². The quantitative estimate of drug-likeness (QED) is 0.197. The van der Waals surface area contributed by atoms with Crippen molar-refractivity contribution in [3.8, 4) is 0 Å². The van der Waals surface area contributed by atoms with Crippen molar-refractivity contribution in [1.29, 1.82) is 0 Å². The molecule has 1 heterocycles. The predicted octanol–water partition coefficient (Wildman–Crippen LogP) is 5.33. The van der Waals surface area contributed by atoms with Gasteiger partial charge in [0.2, 0.25) is 0 Å². The second-order valence-electron chi connectivity index (χ2n) is 7.16. The molecule has 4 aromatic rings. The van der Waals surface area contributed by atoms with Gasteiger partial charge in [-0.15, -0.1) is 0 Å². The van der Waals surface area contributed by atoms with Gasteiger partial charge in [0.05, 0.1) is 5.71 Å². The first-order chi connectivity index (χ1) is 14.5. The average molecular weight is 398 g/mol. The third-order valence-corrected chi connectivity index (χ3v) is 5.21. The normalized spacial score (nSPS) is 11.8. The van der Waals surface area contributed by atoms with E-state index in [0.717, 1.165) is 33.9 Å². The number of fused-ring (bicyclic) bond motifs is 3. The lowest BCUT2D eigenvalue weighted by Crippen LogP contribution is -2.01. The number of carbonyl (C=O) groups excluding carboxylic acids is 2. The maximum Gasteiger partial charge on any atom is 0.331 e. The van der Waals surface area contributed by atoms with E-state index in [1.54, 1.807) is 6.92 Å². The SMILES string of the molecule is CCn1c2ccc(C(=O)c3ccccc3)cc2c2cc(C(C)=NOC(C)=O)ccc21. The van der Waals surface area contributed by atoms with Gasteiger partial charge >= 0.3 is 5.97 Å². The Morgan fingerprint density at radius 3 is 2.03 bits per heavy atom. The maximum absolute atomic E-state index is 13.0. The molecule has 0 aliphatic heterocycles. The molecular weight excluding hydrogens is 376 g/mol. The largest absolute Gasteiger partial charge is 0.341 e. The zero-order chi connectivity index (χ0) is 21.3. The molecule has 30 heavy (non-hydrogen) atoms. The zero-order valence-corrected chi connectivity index (χ0v) is 17.2. The van der Waals surface area contributed by atoms with Gasteiger partial charge in [0, 0.05) is 46.4 Å². The number of rotatable bonds is 5. The monoisotopic (exact) mass is 398 g/mol. The van der Waals surface area contributed by atoms with E-state index < -0.39 is 5.97 Å². The lowest BCUT2D eigenvalue weighted by Gasteiger charge is -2.04. The van der Waals surface area contributed by atoms with Gasteiger partial charge in [-0.25, -0.2) is 4.79 Å². The number of aryl methyl sites for hydroxylation is 1. The van der Waals surface area contributed by atoms with Gasteiger partial charge in [-0.1, -0.05) is 41.6 Å². The molecule has 0 N–H and O–H groups in total. The Morgan fingerprint density at radius 1 is 0.833 bits per heavy atom. The highest BCUT2D eigenvalue weighted by molar-refractivity contribution is 6.15. The van der Waals surface area contributed by atoms with Gasteiger partial charge in [0.1, 0.15) is 0 Å². The van der Waals surface area contributed by atoms with Crippen LogP contribution in [-0.4, -0.2) is 22.0 Å². The van der Waals surface area contributed by atoms with E-state index in [9.17, 15) is 9.59 Å². The summed E-state index contributed by atoms with van der Waals surface area (Å²) < 4.78 is 2.23. The summed E-state index contributed by atoms with van der Waals surface area (Å²) in [6.07, 6.45) is 0. The van der Waals surface area contributed by atoms with Gasteiger partial charge in [-0.05, 0) is 49.7 Å². The lowest BCUT2D eigenvalue weighted by atomic mass is 10.0. The summed E-state index contributed by atoms with van der Waals surface area (Å²) in [5, 5.41) is 5.94. The van der Waals surface area contributed by atoms with Crippen molar-refractivity contribution in [3.63, 3.8) is 0 Å². The van der Waals surface area contributed by atoms with Crippen molar-refractivity contribution in [2.45, 2.75) is 27.3 Å². The minimum absolute atomic E-state index is 0.00125. The smallest absolute Gasteiger partial charge is 0.331 e. The van der Waals surface area contributed by atoms with Crippen LogP contribution in [0.25, 0.3) is 21.8 Å². The van der Waals surface area contributed by atoms with E-state index in [-0.39, 0.29) is 5.78 Å². The molecule has 0 radical (unpaired) electrons. The first-order valence-corrected chi connectivity index (χ1v) is 9.88. The lowest BCUT2D eigenvalue weighted by molar-refractivity contribution is -0.140. The van der Waals surface area contributed by atoms with Crippen LogP contribution in [0.4, 0.5) is 0 Å². The third kappa shape index (κ3) is 3.50. The average Bonchev–Trinajstić information content (AvgIpc) is 3.09. The summed E-state index contributed by atoms with van der Waals surface area (Å²) >= 11 is 0. The molecule has 0 saturated carbocycles. The van der Waals surface area contributed by atoms with Crippen LogP contribution >= 0.6 is 0 Å². The molecular formula is C25H22N2O3. The first-order valence-electron chi connectivity index (χ1n) is 9.88. The van der Waals surface area contributed by atoms with E-state index in [0.29, 0.717) is 16.8 Å². The molecule has 5 nitrogen and oxygen atoms in total. The number of hydrogen-bond acceptors (Lipinski definition) is 4. The van der Waals surface area contributed by atoms with Crippen molar-refractivity contribution in [2.24, 2.45) is 5.16 Å². The van der Waals surface area contributed by atoms with Gasteiger partial charge < -0.3 is 9.40 Å². The Bertz CT molecular complexity index is 1300. The zero-order valence-electron chi connectivity index (χ0n) is 17.2. The van der Waals surface area contributed by atoms with Crippen molar-refractivity contribution in [1.82, 2.24) is 4.57 Å². The van der Waals surface area contributed by atoms with Crippen molar-refractivity contribution >= 4 is 39.3 Å². The van der Waals surface area contributed by atoms with Gasteiger partial charge in [0.15, 0.2) is 5.78 Å². The van der Waals surface area contributed by atoms with E-state index in [1.165, 1.54) is 6.92 Å². The second kappa shape index (κ2) is 7.95. The molecule has 0 bridgehead atoms. The minimum atomic E-state index is -0.456. The Labute approximate surface area is 174 Å². The van der Waals surface area contributed by atoms with E-state index in [4.69, 9.17) is 4.84 Å². The number of oxime groups is 1. The van der Waals surface area contributed by atoms with Gasteiger partial charge in [0.25, 0.3) is 0 Å². The van der Waals surface area contributed by atoms with Crippen LogP contribution in [0.3, 0.4) is 0 Å². The Balaban J connectivity index is 1.88. The molecule has 0 unspecified atom stereocenters. The summed E-state index contributed by atoms with van der Waals surface area (Å²) in [4.78, 5) is 28.8. The highest BCUT2D eigenvalue weighted by Gasteiger charge is 2.15. The van der Waals surface area contributed by atoms with Crippen LogP contribution in [0.15, 0.2) is 71.9 Å². The molecule has 4 rings (SSSR count). The highest BCUT2D eigenvalue weighted by Crippen LogP contribution is 2.31.